The maximum Gasteiger partial charge on any atom is 0.411 e. The van der Waals surface area contributed by atoms with E-state index in [-0.39, 0.29) is 18.1 Å². The quantitative estimate of drug-likeness (QED) is 0.0486. The number of ether oxygens (including phenoxy) is 4. The van der Waals surface area contributed by atoms with Gasteiger partial charge in [0, 0.05) is 25.2 Å². The van der Waals surface area contributed by atoms with E-state index in [1.165, 1.54) is 7.05 Å². The summed E-state index contributed by atoms with van der Waals surface area (Å²) in [5.41, 5.74) is 11.1. The van der Waals surface area contributed by atoms with Crippen molar-refractivity contribution in [1.29, 1.82) is 0 Å². The highest BCUT2D eigenvalue weighted by Crippen LogP contribution is 2.26. The van der Waals surface area contributed by atoms with Crippen molar-refractivity contribution in [2.24, 2.45) is 31.9 Å². The van der Waals surface area contributed by atoms with Crippen molar-refractivity contribution in [1.82, 2.24) is 10.2 Å². The van der Waals surface area contributed by atoms with Crippen LogP contribution in [-0.2, 0) is 25.5 Å². The number of rotatable bonds is 21. The van der Waals surface area contributed by atoms with Crippen LogP contribution in [0.25, 0.3) is 0 Å². The maximum atomic E-state index is 12.7. The van der Waals surface area contributed by atoms with Crippen LogP contribution in [0.5, 0.6) is 5.75 Å². The normalized spacial score (nSPS) is 11.7. The molecule has 5 N–H and O–H groups in total. The highest BCUT2D eigenvalue weighted by Gasteiger charge is 2.27. The molecule has 0 aliphatic carbocycles. The molecule has 0 aliphatic rings. The molecule has 0 aromatic heterocycles. The molecule has 0 unspecified atom stereocenters. The fourth-order valence-electron chi connectivity index (χ4n) is 4.29. The summed E-state index contributed by atoms with van der Waals surface area (Å²) in [7, 11) is 3.04. The summed E-state index contributed by atoms with van der Waals surface area (Å²) in [6, 6.07) is 12.5. The van der Waals surface area contributed by atoms with E-state index in [1.54, 1.807) is 38.3 Å². The van der Waals surface area contributed by atoms with Gasteiger partial charge >= 0.3 is 6.18 Å². The predicted octanol–water partition coefficient (Wildman–Crippen LogP) is 5.54. The first kappa shape index (κ1) is 47.5. The predicted molar refractivity (Wildman–Crippen MR) is 200 cm³/mol. The van der Waals surface area contributed by atoms with Crippen LogP contribution in [0.2, 0.25) is 5.02 Å². The Morgan fingerprint density at radius 1 is 1.12 bits per heavy atom. The molecule has 0 spiro atoms. The van der Waals surface area contributed by atoms with Gasteiger partial charge in [-0.2, -0.15) is 13.2 Å². The van der Waals surface area contributed by atoms with Crippen LogP contribution < -0.4 is 21.5 Å². The van der Waals surface area contributed by atoms with E-state index < -0.39 is 12.8 Å². The SMILES string of the molecule is C=NCc1ccc(OCCCN(C/C(OC)=C(\C)OC=O)CC(C)(C)CNC(=O)c2ccc(N=C)cc2)c(Cl)c1.CN.N/C=N/COCC(F)(F)F. The largest absolute Gasteiger partial charge is 0.496 e. The highest BCUT2D eigenvalue weighted by atomic mass is 35.5. The first-order valence-electron chi connectivity index (χ1n) is 15.9. The van der Waals surface area contributed by atoms with Crippen LogP contribution in [0, 0.1) is 5.41 Å². The second kappa shape index (κ2) is 26.3. The molecule has 2 aromatic rings. The lowest BCUT2D eigenvalue weighted by Gasteiger charge is -2.33. The van der Waals surface area contributed by atoms with Crippen molar-refractivity contribution in [3.63, 3.8) is 0 Å². The number of aliphatic imine (C=N–C) groups is 3. The van der Waals surface area contributed by atoms with Gasteiger partial charge in [-0.1, -0.05) is 31.5 Å². The second-order valence-corrected chi connectivity index (χ2v) is 11.8. The molecular weight excluding hydrogens is 707 g/mol. The van der Waals surface area contributed by atoms with E-state index in [9.17, 15) is 22.8 Å². The number of carbonyl (C=O) groups excluding carboxylic acids is 2. The van der Waals surface area contributed by atoms with Crippen LogP contribution in [0.4, 0.5) is 18.9 Å². The number of amides is 1. The molecule has 17 heteroatoms. The Bertz CT molecular complexity index is 1420. The number of carbonyl (C=O) groups is 2. The van der Waals surface area contributed by atoms with Crippen LogP contribution in [-0.4, -0.2) is 104 Å². The van der Waals surface area contributed by atoms with Crippen molar-refractivity contribution in [2.75, 3.05) is 60.3 Å². The van der Waals surface area contributed by atoms with Crippen molar-refractivity contribution >= 4 is 49.4 Å². The van der Waals surface area contributed by atoms with Crippen molar-refractivity contribution in [3.8, 4) is 5.75 Å². The molecule has 0 saturated carbocycles. The van der Waals surface area contributed by atoms with E-state index in [2.05, 4.69) is 62.9 Å². The number of hydrogen-bond acceptors (Lipinski definition) is 11. The average Bonchev–Trinajstić information content (AvgIpc) is 3.11. The van der Waals surface area contributed by atoms with Crippen molar-refractivity contribution < 1.29 is 41.7 Å². The lowest BCUT2D eigenvalue weighted by molar-refractivity contribution is -0.173. The molecule has 52 heavy (non-hydrogen) atoms. The first-order valence-corrected chi connectivity index (χ1v) is 16.2. The van der Waals surface area contributed by atoms with Crippen LogP contribution in [0.15, 0.2) is 69.0 Å². The number of allylic oxidation sites excluding steroid dienone is 1. The van der Waals surface area contributed by atoms with E-state index >= 15 is 0 Å². The van der Waals surface area contributed by atoms with Gasteiger partial charge in [0.25, 0.3) is 12.4 Å². The number of methoxy groups -OCH3 is 1. The monoisotopic (exact) mass is 757 g/mol. The molecule has 0 fully saturated rings. The molecule has 1 amide bonds. The standard InChI is InChI=1S/C30H39ClN4O5.C4H7F3N2O.CH5N/c1-22(40-21-36)28(38-6)18-35(14-7-15-39-27-13-8-23(17-32-4)16-26(27)31)20-30(2,3)19-34-29(37)24-9-11-25(33-5)12-10-24;5-4(6,7)1-10-3-9-2-8;1-2/h8-13,16,21H,4-5,7,14-15,17-20H2,1-3,6H3,(H,34,37);2H,1,3H2,(H2,8,9);2H2,1H3/b28-22-;;. The lowest BCUT2D eigenvalue weighted by Crippen LogP contribution is -2.43. The van der Waals surface area contributed by atoms with Gasteiger partial charge in [0.1, 0.15) is 30.6 Å². The molecule has 0 radical (unpaired) electrons. The van der Waals surface area contributed by atoms with Crippen LogP contribution in [0.3, 0.4) is 0 Å². The Morgan fingerprint density at radius 2 is 1.79 bits per heavy atom. The molecular formula is C35H51ClF3N7O6. The number of halogens is 4. The Hall–Kier alpha value is -4.51. The third-order valence-electron chi connectivity index (χ3n) is 6.63. The number of alkyl halides is 3. The Morgan fingerprint density at radius 3 is 2.33 bits per heavy atom. The fourth-order valence-corrected chi connectivity index (χ4v) is 4.55. The van der Waals surface area contributed by atoms with E-state index in [0.29, 0.717) is 85.8 Å². The van der Waals surface area contributed by atoms with Gasteiger partial charge in [-0.15, -0.1) is 0 Å². The zero-order valence-corrected chi connectivity index (χ0v) is 31.1. The molecule has 2 aromatic carbocycles. The summed E-state index contributed by atoms with van der Waals surface area (Å²) < 4.78 is 54.3. The topological polar surface area (TPSA) is 175 Å². The summed E-state index contributed by atoms with van der Waals surface area (Å²) >= 11 is 6.36. The van der Waals surface area contributed by atoms with Gasteiger partial charge in [0.05, 0.1) is 43.9 Å². The summed E-state index contributed by atoms with van der Waals surface area (Å²) in [5.74, 6) is 1.37. The molecule has 290 valence electrons. The summed E-state index contributed by atoms with van der Waals surface area (Å²) in [6.45, 7) is 14.6. The summed E-state index contributed by atoms with van der Waals surface area (Å²) in [5, 5.41) is 3.55. The number of benzene rings is 2. The zero-order valence-electron chi connectivity index (χ0n) is 30.4. The smallest absolute Gasteiger partial charge is 0.411 e. The molecule has 0 heterocycles. The molecule has 0 aliphatic heterocycles. The van der Waals surface area contributed by atoms with Gasteiger partial charge in [0.2, 0.25) is 0 Å². The van der Waals surface area contributed by atoms with Crippen molar-refractivity contribution in [2.45, 2.75) is 39.9 Å². The minimum atomic E-state index is -4.29. The van der Waals surface area contributed by atoms with E-state index in [4.69, 9.17) is 31.5 Å². The molecule has 0 bridgehead atoms. The molecule has 0 atom stereocenters. The van der Waals surface area contributed by atoms with Gasteiger partial charge in [0.15, 0.2) is 0 Å². The Kier molecular flexibility index (Phi) is 24.0. The van der Waals surface area contributed by atoms with Gasteiger partial charge in [-0.25, -0.2) is 4.99 Å². The molecule has 2 rings (SSSR count). The molecule has 0 saturated heterocycles. The fraction of sp³-hybridized carbons (Fsp3) is 0.457. The zero-order chi connectivity index (χ0) is 39.6. The first-order chi connectivity index (χ1) is 24.7. The van der Waals surface area contributed by atoms with Crippen LogP contribution in [0.1, 0.15) is 43.1 Å². The Balaban J connectivity index is 0.00000186. The lowest BCUT2D eigenvalue weighted by atomic mass is 9.92. The summed E-state index contributed by atoms with van der Waals surface area (Å²) in [6.07, 6.45) is -2.70. The Labute approximate surface area is 308 Å². The van der Waals surface area contributed by atoms with E-state index in [0.717, 1.165) is 11.9 Å². The number of nitrogens with two attached hydrogens (primary N) is 2. The minimum Gasteiger partial charge on any atom is -0.496 e. The van der Waals surface area contributed by atoms with Gasteiger partial charge < -0.3 is 35.7 Å². The number of nitrogens with zero attached hydrogens (tertiary/aromatic N) is 4. The third-order valence-corrected chi connectivity index (χ3v) is 6.92. The number of hydrogen-bond donors (Lipinski definition) is 3. The van der Waals surface area contributed by atoms with Gasteiger partial charge in [-0.05, 0) is 81.2 Å². The van der Waals surface area contributed by atoms with Gasteiger partial charge in [-0.3, -0.25) is 24.5 Å². The number of nitrogens with one attached hydrogen (secondary N) is 1. The maximum absolute atomic E-state index is 12.7. The third kappa shape index (κ3) is 21.0. The van der Waals surface area contributed by atoms with Crippen LogP contribution >= 0.6 is 11.6 Å². The minimum absolute atomic E-state index is 0.164. The second-order valence-electron chi connectivity index (χ2n) is 11.4. The average molecular weight is 758 g/mol. The summed E-state index contributed by atoms with van der Waals surface area (Å²) in [4.78, 5) is 36.7. The molecule has 13 nitrogen and oxygen atoms in total. The highest BCUT2D eigenvalue weighted by molar-refractivity contribution is 6.32. The van der Waals surface area contributed by atoms with E-state index in [1.807, 2.05) is 18.2 Å². The van der Waals surface area contributed by atoms with Crippen molar-refractivity contribution in [3.05, 3.63) is 70.1 Å².